The van der Waals surface area contributed by atoms with E-state index in [0.717, 1.165) is 5.56 Å². The van der Waals surface area contributed by atoms with Gasteiger partial charge in [0, 0.05) is 17.8 Å². The van der Waals surface area contributed by atoms with Gasteiger partial charge in [-0.2, -0.15) is 5.10 Å². The molecule has 1 atom stereocenters. The van der Waals surface area contributed by atoms with E-state index < -0.39 is 0 Å². The average Bonchev–Trinajstić information content (AvgIpc) is 2.61. The van der Waals surface area contributed by atoms with Gasteiger partial charge >= 0.3 is 5.97 Å². The fourth-order valence-corrected chi connectivity index (χ4v) is 1.79. The van der Waals surface area contributed by atoms with Crippen LogP contribution in [0, 0.1) is 0 Å². The fraction of sp³-hybridized carbons (Fsp3) is 0.143. The molecular formula is C7H8IN2O2P. The molecule has 1 aromatic rings. The number of esters is 1. The molecule has 0 aliphatic heterocycles. The smallest absolute Gasteiger partial charge is 0.330 e. The number of halogens is 1. The van der Waals surface area contributed by atoms with Gasteiger partial charge in [0.1, 0.15) is 0 Å². The van der Waals surface area contributed by atoms with E-state index in [9.17, 15) is 4.79 Å². The highest BCUT2D eigenvalue weighted by atomic mass is 127. The van der Waals surface area contributed by atoms with Crippen molar-refractivity contribution in [2.75, 3.05) is 7.11 Å². The lowest BCUT2D eigenvalue weighted by molar-refractivity contribution is -0.134. The molecule has 0 radical (unpaired) electrons. The van der Waals surface area contributed by atoms with Crippen LogP contribution >= 0.6 is 28.4 Å². The van der Waals surface area contributed by atoms with Crippen molar-refractivity contribution in [1.82, 2.24) is 9.55 Å². The van der Waals surface area contributed by atoms with Gasteiger partial charge in [0.05, 0.1) is 19.7 Å². The van der Waals surface area contributed by atoms with Gasteiger partial charge in [0.25, 0.3) is 0 Å². The molecule has 0 aromatic carbocycles. The summed E-state index contributed by atoms with van der Waals surface area (Å²) in [5, 5.41) is 4.06. The summed E-state index contributed by atoms with van der Waals surface area (Å²) in [5.41, 5.74) is 0.898. The van der Waals surface area contributed by atoms with Gasteiger partial charge in [-0.05, 0) is 28.1 Å². The van der Waals surface area contributed by atoms with Gasteiger partial charge in [-0.3, -0.25) is 0 Å². The summed E-state index contributed by atoms with van der Waals surface area (Å²) in [6.45, 7) is 0. The zero-order valence-corrected chi connectivity index (χ0v) is 10.1. The number of carbonyl (C=O) groups is 1. The second-order valence-corrected chi connectivity index (χ2v) is 4.23. The molecule has 0 amide bonds. The van der Waals surface area contributed by atoms with E-state index >= 15 is 0 Å². The van der Waals surface area contributed by atoms with Gasteiger partial charge in [0.15, 0.2) is 0 Å². The molecule has 6 heteroatoms. The van der Waals surface area contributed by atoms with E-state index in [4.69, 9.17) is 0 Å². The first-order chi connectivity index (χ1) is 6.26. The van der Waals surface area contributed by atoms with Crippen LogP contribution in [-0.4, -0.2) is 22.6 Å². The maximum absolute atomic E-state index is 10.7. The first-order valence-corrected chi connectivity index (χ1v) is 7.49. The molecule has 1 unspecified atom stereocenters. The fourth-order valence-electron chi connectivity index (χ4n) is 0.701. The Bertz CT molecular complexity index is 324. The Balaban J connectivity index is 2.63. The predicted octanol–water partition coefficient (Wildman–Crippen LogP) is 1.86. The molecule has 0 N–H and O–H groups in total. The normalized spacial score (nSPS) is 11.5. The van der Waals surface area contributed by atoms with Crippen LogP contribution in [0.25, 0.3) is 6.08 Å². The highest BCUT2D eigenvalue weighted by Gasteiger charge is 1.94. The number of nitrogens with zero attached hydrogens (tertiary/aromatic N) is 2. The summed E-state index contributed by atoms with van der Waals surface area (Å²) >= 11 is 2.23. The van der Waals surface area contributed by atoms with Crippen molar-refractivity contribution in [3.05, 3.63) is 24.0 Å². The number of hydrogen-bond acceptors (Lipinski definition) is 3. The summed E-state index contributed by atoms with van der Waals surface area (Å²) in [7, 11) is 1.35. The third-order valence-electron chi connectivity index (χ3n) is 1.30. The van der Waals surface area contributed by atoms with Gasteiger partial charge < -0.3 is 4.74 Å². The monoisotopic (exact) mass is 310 g/mol. The minimum absolute atomic E-state index is 0.357. The van der Waals surface area contributed by atoms with Crippen molar-refractivity contribution in [2.24, 2.45) is 0 Å². The average molecular weight is 310 g/mol. The molecule has 70 valence electrons. The molecule has 1 aromatic heterocycles. The number of carbonyl (C=O) groups excluding carboxylic acids is 1. The second kappa shape index (κ2) is 5.34. The van der Waals surface area contributed by atoms with Crippen LogP contribution in [0.3, 0.4) is 0 Å². The quantitative estimate of drug-likeness (QED) is 0.370. The van der Waals surface area contributed by atoms with Crippen LogP contribution in [0.4, 0.5) is 0 Å². The van der Waals surface area contributed by atoms with Crippen molar-refractivity contribution in [1.29, 1.82) is 0 Å². The molecular weight excluding hydrogens is 302 g/mol. The molecule has 0 fully saturated rings. The van der Waals surface area contributed by atoms with Crippen LogP contribution in [-0.2, 0) is 9.53 Å². The highest BCUT2D eigenvalue weighted by molar-refractivity contribution is 14.2. The van der Waals surface area contributed by atoms with Crippen molar-refractivity contribution in [2.45, 2.75) is 0 Å². The molecule has 0 aliphatic rings. The van der Waals surface area contributed by atoms with Crippen LogP contribution in [0.1, 0.15) is 5.56 Å². The van der Waals surface area contributed by atoms with E-state index in [1.54, 1.807) is 16.7 Å². The number of methoxy groups -OCH3 is 1. The summed E-state index contributed by atoms with van der Waals surface area (Å²) in [5.74, 6) is -0.357. The van der Waals surface area contributed by atoms with E-state index in [1.807, 2.05) is 6.20 Å². The summed E-state index contributed by atoms with van der Waals surface area (Å²) in [6.07, 6.45) is 7.19. The Morgan fingerprint density at radius 2 is 2.62 bits per heavy atom. The largest absolute Gasteiger partial charge is 0.466 e. The van der Waals surface area contributed by atoms with Crippen LogP contribution in [0.15, 0.2) is 18.5 Å². The van der Waals surface area contributed by atoms with Gasteiger partial charge in [-0.25, -0.2) is 9.25 Å². The van der Waals surface area contributed by atoms with Crippen molar-refractivity contribution in [3.8, 4) is 0 Å². The first kappa shape index (κ1) is 10.7. The first-order valence-electron chi connectivity index (χ1n) is 3.43. The standard InChI is InChI=1S/C7H8IN2O2P/c1-12-7(11)3-2-6-4-9-10(5-6)13-8/h2-5,13H,1H3/b3-2+. The molecule has 1 heterocycles. The highest BCUT2D eigenvalue weighted by Crippen LogP contribution is 2.22. The molecule has 0 aliphatic carbocycles. The van der Waals surface area contributed by atoms with E-state index in [0.29, 0.717) is 6.37 Å². The van der Waals surface area contributed by atoms with Crippen molar-refractivity contribution >= 4 is 40.5 Å². The molecule has 0 saturated heterocycles. The lowest BCUT2D eigenvalue weighted by Crippen LogP contribution is -1.92. The minimum Gasteiger partial charge on any atom is -0.466 e. The molecule has 1 rings (SSSR count). The Morgan fingerprint density at radius 3 is 3.15 bits per heavy atom. The number of rotatable bonds is 3. The van der Waals surface area contributed by atoms with Crippen LogP contribution in [0.2, 0.25) is 0 Å². The van der Waals surface area contributed by atoms with Crippen LogP contribution < -0.4 is 0 Å². The Kier molecular flexibility index (Phi) is 4.38. The topological polar surface area (TPSA) is 44.1 Å². The van der Waals surface area contributed by atoms with Gasteiger partial charge in [0.2, 0.25) is 0 Å². The van der Waals surface area contributed by atoms with Crippen molar-refractivity contribution < 1.29 is 9.53 Å². The Hall–Kier alpha value is -0.420. The lowest BCUT2D eigenvalue weighted by atomic mass is 10.3. The molecule has 0 spiro atoms. The van der Waals surface area contributed by atoms with E-state index in [2.05, 4.69) is 31.9 Å². The summed E-state index contributed by atoms with van der Waals surface area (Å²) < 4.78 is 6.26. The number of hydrogen-bond donors (Lipinski definition) is 0. The third kappa shape index (κ3) is 3.44. The zero-order valence-electron chi connectivity index (χ0n) is 6.90. The van der Waals surface area contributed by atoms with E-state index in [-0.39, 0.29) is 5.97 Å². The molecule has 4 nitrogen and oxygen atoms in total. The maximum atomic E-state index is 10.7. The maximum Gasteiger partial charge on any atom is 0.330 e. The van der Waals surface area contributed by atoms with E-state index in [1.165, 1.54) is 13.2 Å². The second-order valence-electron chi connectivity index (χ2n) is 2.16. The number of aromatic nitrogens is 2. The van der Waals surface area contributed by atoms with Gasteiger partial charge in [-0.15, -0.1) is 0 Å². The molecule has 0 bridgehead atoms. The minimum atomic E-state index is -0.357. The number of ether oxygens (including phenoxy) is 1. The zero-order chi connectivity index (χ0) is 9.68. The third-order valence-corrected chi connectivity index (χ3v) is 3.20. The summed E-state index contributed by atoms with van der Waals surface area (Å²) in [4.78, 5) is 10.7. The van der Waals surface area contributed by atoms with Gasteiger partial charge in [-0.1, -0.05) is 0 Å². The SMILES string of the molecule is COC(=O)/C=C/c1cnn(PI)c1. The van der Waals surface area contributed by atoms with Crippen LogP contribution in [0.5, 0.6) is 0 Å². The molecule has 0 saturated carbocycles. The Labute approximate surface area is 90.7 Å². The predicted molar refractivity (Wildman–Crippen MR) is 61.0 cm³/mol. The molecule has 13 heavy (non-hydrogen) atoms. The Morgan fingerprint density at radius 1 is 1.85 bits per heavy atom. The lowest BCUT2D eigenvalue weighted by Gasteiger charge is -1.88. The summed E-state index contributed by atoms with van der Waals surface area (Å²) in [6, 6.07) is 0. The van der Waals surface area contributed by atoms with Crippen molar-refractivity contribution in [3.63, 3.8) is 0 Å².